The molecule has 1 aliphatic heterocycles. The van der Waals surface area contributed by atoms with E-state index in [4.69, 9.17) is 0 Å². The summed E-state index contributed by atoms with van der Waals surface area (Å²) in [4.78, 5) is 14.0. The van der Waals surface area contributed by atoms with Crippen molar-refractivity contribution in [1.82, 2.24) is 4.90 Å². The first-order valence-electron chi connectivity index (χ1n) is 5.50. The third kappa shape index (κ3) is 3.26. The van der Waals surface area contributed by atoms with Gasteiger partial charge in [0.25, 0.3) is 0 Å². The van der Waals surface area contributed by atoms with Crippen molar-refractivity contribution in [2.24, 2.45) is 5.92 Å². The number of nitrogens with zero attached hydrogens (tertiary/aromatic N) is 1. The van der Waals surface area contributed by atoms with E-state index in [1.807, 2.05) is 0 Å². The number of carbonyl (C=O) groups is 1. The highest BCUT2D eigenvalue weighted by molar-refractivity contribution is 9.09. The molecular weight excluding hydrogens is 242 g/mol. The summed E-state index contributed by atoms with van der Waals surface area (Å²) in [6.45, 7) is 5.16. The molecule has 0 spiro atoms. The maximum Gasteiger partial charge on any atom is 0.223 e. The minimum atomic E-state index is 0.337. The molecule has 1 amide bonds. The Morgan fingerprint density at radius 2 is 2.21 bits per heavy atom. The van der Waals surface area contributed by atoms with Crippen molar-refractivity contribution in [2.45, 2.75) is 45.6 Å². The molecule has 0 radical (unpaired) electrons. The zero-order valence-corrected chi connectivity index (χ0v) is 10.7. The number of rotatable bonds is 3. The molecule has 1 fully saturated rings. The van der Waals surface area contributed by atoms with Gasteiger partial charge in [-0.25, -0.2) is 0 Å². The van der Waals surface area contributed by atoms with Crippen LogP contribution in [0.25, 0.3) is 0 Å². The Kier molecular flexibility index (Phi) is 4.93. The zero-order chi connectivity index (χ0) is 10.6. The number of hydrogen-bond donors (Lipinski definition) is 0. The summed E-state index contributed by atoms with van der Waals surface area (Å²) in [6.07, 6.45) is 4.30. The molecule has 1 heterocycles. The van der Waals surface area contributed by atoms with E-state index in [-0.39, 0.29) is 0 Å². The van der Waals surface area contributed by atoms with Gasteiger partial charge in [-0.3, -0.25) is 4.79 Å². The van der Waals surface area contributed by atoms with Gasteiger partial charge in [0.2, 0.25) is 5.91 Å². The van der Waals surface area contributed by atoms with Gasteiger partial charge in [0.05, 0.1) is 0 Å². The van der Waals surface area contributed by atoms with Crippen LogP contribution < -0.4 is 0 Å². The predicted octanol–water partition coefficient (Wildman–Crippen LogP) is 2.81. The van der Waals surface area contributed by atoms with Crippen molar-refractivity contribution < 1.29 is 4.79 Å². The van der Waals surface area contributed by atoms with Crippen molar-refractivity contribution in [2.75, 3.05) is 11.9 Å². The van der Waals surface area contributed by atoms with E-state index in [9.17, 15) is 4.79 Å². The van der Waals surface area contributed by atoms with Crippen molar-refractivity contribution in [3.8, 4) is 0 Å². The molecule has 0 aromatic rings. The van der Waals surface area contributed by atoms with Crippen LogP contribution in [0.4, 0.5) is 0 Å². The van der Waals surface area contributed by atoms with Crippen LogP contribution in [0.5, 0.6) is 0 Å². The van der Waals surface area contributed by atoms with Gasteiger partial charge >= 0.3 is 0 Å². The number of amides is 1. The highest BCUT2D eigenvalue weighted by atomic mass is 79.9. The van der Waals surface area contributed by atoms with Gasteiger partial charge in [0, 0.05) is 24.3 Å². The monoisotopic (exact) mass is 261 g/mol. The summed E-state index contributed by atoms with van der Waals surface area (Å²) >= 11 is 3.49. The lowest BCUT2D eigenvalue weighted by Gasteiger charge is -2.35. The van der Waals surface area contributed by atoms with Crippen molar-refractivity contribution in [1.29, 1.82) is 0 Å². The summed E-state index contributed by atoms with van der Waals surface area (Å²) < 4.78 is 0. The maximum atomic E-state index is 11.9. The Labute approximate surface area is 95.2 Å². The first-order chi connectivity index (χ1) is 6.65. The van der Waals surface area contributed by atoms with Crippen molar-refractivity contribution >= 4 is 21.8 Å². The zero-order valence-electron chi connectivity index (χ0n) is 9.13. The summed E-state index contributed by atoms with van der Waals surface area (Å²) in [5, 5.41) is 0.927. The van der Waals surface area contributed by atoms with Crippen LogP contribution in [0.1, 0.15) is 39.5 Å². The molecule has 0 N–H and O–H groups in total. The number of alkyl halides is 1. The number of hydrogen-bond acceptors (Lipinski definition) is 1. The third-order valence-corrected chi connectivity index (χ3v) is 3.46. The molecule has 0 aromatic carbocycles. The van der Waals surface area contributed by atoms with E-state index in [2.05, 4.69) is 34.7 Å². The lowest BCUT2D eigenvalue weighted by molar-refractivity contribution is -0.135. The summed E-state index contributed by atoms with van der Waals surface area (Å²) in [6, 6.07) is 0.440. The average Bonchev–Trinajstić information content (AvgIpc) is 2.16. The molecule has 0 aliphatic carbocycles. The Morgan fingerprint density at radius 3 is 2.79 bits per heavy atom. The van der Waals surface area contributed by atoms with Gasteiger partial charge < -0.3 is 4.90 Å². The van der Waals surface area contributed by atoms with Gasteiger partial charge in [0.15, 0.2) is 0 Å². The standard InChI is InChI=1S/C11H20BrNO/c1-9(2)7-11(14)13-6-4-3-5-10(13)8-12/h9-10H,3-8H2,1-2H3. The maximum absolute atomic E-state index is 11.9. The molecule has 1 atom stereocenters. The third-order valence-electron chi connectivity index (χ3n) is 2.71. The van der Waals surface area contributed by atoms with Crippen LogP contribution in [-0.4, -0.2) is 28.7 Å². The fourth-order valence-electron chi connectivity index (χ4n) is 1.96. The smallest absolute Gasteiger partial charge is 0.223 e. The van der Waals surface area contributed by atoms with E-state index >= 15 is 0 Å². The molecule has 14 heavy (non-hydrogen) atoms. The average molecular weight is 262 g/mol. The molecule has 1 unspecified atom stereocenters. The Hall–Kier alpha value is -0.0500. The molecule has 3 heteroatoms. The Morgan fingerprint density at radius 1 is 1.50 bits per heavy atom. The fourth-order valence-corrected chi connectivity index (χ4v) is 2.63. The predicted molar refractivity (Wildman–Crippen MR) is 62.6 cm³/mol. The molecule has 1 aliphatic rings. The van der Waals surface area contributed by atoms with Crippen LogP contribution in [0.2, 0.25) is 0 Å². The van der Waals surface area contributed by atoms with Crippen molar-refractivity contribution in [3.05, 3.63) is 0 Å². The van der Waals surface area contributed by atoms with Gasteiger partial charge in [-0.1, -0.05) is 29.8 Å². The van der Waals surface area contributed by atoms with Crippen LogP contribution in [0.3, 0.4) is 0 Å². The molecule has 0 saturated carbocycles. The second-order valence-corrected chi connectivity index (χ2v) is 5.14. The molecule has 2 nitrogen and oxygen atoms in total. The topological polar surface area (TPSA) is 20.3 Å². The van der Waals surface area contributed by atoms with E-state index in [1.54, 1.807) is 0 Å². The van der Waals surface area contributed by atoms with E-state index in [0.29, 0.717) is 24.3 Å². The molecule has 1 saturated heterocycles. The van der Waals surface area contributed by atoms with Gasteiger partial charge in [-0.2, -0.15) is 0 Å². The fraction of sp³-hybridized carbons (Fsp3) is 0.909. The number of piperidine rings is 1. The second kappa shape index (κ2) is 5.74. The van der Waals surface area contributed by atoms with Crippen LogP contribution in [0, 0.1) is 5.92 Å². The van der Waals surface area contributed by atoms with E-state index in [0.717, 1.165) is 18.3 Å². The summed E-state index contributed by atoms with van der Waals surface area (Å²) in [5.74, 6) is 0.810. The Bertz CT molecular complexity index is 194. The van der Waals surface area contributed by atoms with Gasteiger partial charge in [-0.05, 0) is 25.2 Å². The van der Waals surface area contributed by atoms with E-state index in [1.165, 1.54) is 12.8 Å². The van der Waals surface area contributed by atoms with Gasteiger partial charge in [0.1, 0.15) is 0 Å². The molecule has 0 bridgehead atoms. The molecular formula is C11H20BrNO. The SMILES string of the molecule is CC(C)CC(=O)N1CCCCC1CBr. The molecule has 1 rings (SSSR count). The van der Waals surface area contributed by atoms with Crippen molar-refractivity contribution in [3.63, 3.8) is 0 Å². The van der Waals surface area contributed by atoms with Crippen LogP contribution >= 0.6 is 15.9 Å². The summed E-state index contributed by atoms with van der Waals surface area (Å²) in [7, 11) is 0. The minimum absolute atomic E-state index is 0.337. The highest BCUT2D eigenvalue weighted by Gasteiger charge is 2.25. The lowest BCUT2D eigenvalue weighted by atomic mass is 10.0. The molecule has 0 aromatic heterocycles. The van der Waals surface area contributed by atoms with Gasteiger partial charge in [-0.15, -0.1) is 0 Å². The largest absolute Gasteiger partial charge is 0.339 e. The van der Waals surface area contributed by atoms with Crippen LogP contribution in [0.15, 0.2) is 0 Å². The highest BCUT2D eigenvalue weighted by Crippen LogP contribution is 2.20. The van der Waals surface area contributed by atoms with Crippen LogP contribution in [-0.2, 0) is 4.79 Å². The normalized spacial score (nSPS) is 22.9. The molecule has 82 valence electrons. The quantitative estimate of drug-likeness (QED) is 0.716. The van der Waals surface area contributed by atoms with E-state index < -0.39 is 0 Å². The number of carbonyl (C=O) groups excluding carboxylic acids is 1. The minimum Gasteiger partial charge on any atom is -0.339 e. The Balaban J connectivity index is 2.50. The number of likely N-dealkylation sites (tertiary alicyclic amines) is 1. The lowest BCUT2D eigenvalue weighted by Crippen LogP contribution is -2.44. The summed E-state index contributed by atoms with van der Waals surface area (Å²) in [5.41, 5.74) is 0. The second-order valence-electron chi connectivity index (χ2n) is 4.49. The number of halogens is 1. The first kappa shape index (κ1) is 12.0. The first-order valence-corrected chi connectivity index (χ1v) is 6.62.